The number of benzene rings is 3. The van der Waals surface area contributed by atoms with Gasteiger partial charge in [0.15, 0.2) is 0 Å². The van der Waals surface area contributed by atoms with Gasteiger partial charge in [-0.05, 0) is 61.0 Å². The summed E-state index contributed by atoms with van der Waals surface area (Å²) in [5, 5.41) is 12.7. The number of rotatable bonds is 4. The zero-order chi connectivity index (χ0) is 20.5. The predicted octanol–water partition coefficient (Wildman–Crippen LogP) is 6.07. The molecule has 2 nitrogen and oxygen atoms in total. The average Bonchev–Trinajstić information content (AvgIpc) is 2.67. The second-order valence-electron chi connectivity index (χ2n) is 6.31. The van der Waals surface area contributed by atoms with Crippen molar-refractivity contribution in [1.29, 1.82) is 0 Å². The number of aromatic hydroxyl groups is 1. The Morgan fingerprint density at radius 1 is 0.929 bits per heavy atom. The number of para-hydroxylation sites is 1. The van der Waals surface area contributed by atoms with Crippen LogP contribution in [-0.2, 0) is 17.0 Å². The summed E-state index contributed by atoms with van der Waals surface area (Å²) in [5.74, 6) is 0.401. The molecule has 1 N–H and O–H groups in total. The third-order valence-corrected chi connectivity index (χ3v) is 5.70. The van der Waals surface area contributed by atoms with Crippen LogP contribution in [0.4, 0.5) is 5.69 Å². The van der Waals surface area contributed by atoms with E-state index in [2.05, 4.69) is 43.1 Å². The first-order valence-electron chi connectivity index (χ1n) is 8.68. The summed E-state index contributed by atoms with van der Waals surface area (Å²) in [6.45, 7) is 6.13. The van der Waals surface area contributed by atoms with E-state index < -0.39 is 17.0 Å². The molecule has 0 fully saturated rings. The fourth-order valence-corrected chi connectivity index (χ4v) is 4.27. The van der Waals surface area contributed by atoms with E-state index in [1.165, 1.54) is 16.4 Å². The fourth-order valence-electron chi connectivity index (χ4n) is 2.82. The Kier molecular flexibility index (Phi) is 9.72. The summed E-state index contributed by atoms with van der Waals surface area (Å²) >= 11 is -0.556. The van der Waals surface area contributed by atoms with Crippen molar-refractivity contribution in [3.63, 3.8) is 0 Å². The van der Waals surface area contributed by atoms with Gasteiger partial charge in [-0.15, -0.1) is 0 Å². The van der Waals surface area contributed by atoms with Crippen molar-refractivity contribution in [2.24, 2.45) is 4.99 Å². The van der Waals surface area contributed by atoms with Gasteiger partial charge in [-0.25, -0.2) is 0 Å². The molecule has 0 radical (unpaired) electrons. The van der Waals surface area contributed by atoms with E-state index in [4.69, 9.17) is 18.6 Å². The van der Waals surface area contributed by atoms with Gasteiger partial charge in [-0.1, -0.05) is 51.0 Å². The molecule has 0 bridgehead atoms. The van der Waals surface area contributed by atoms with E-state index in [0.29, 0.717) is 14.3 Å². The molecular formula is C22H22Cl2NOPTi. The Morgan fingerprint density at radius 2 is 1.61 bits per heavy atom. The summed E-state index contributed by atoms with van der Waals surface area (Å²) < 4.78 is 0. The number of hydrogen-bond donors (Lipinski definition) is 1. The van der Waals surface area contributed by atoms with Crippen molar-refractivity contribution in [3.05, 3.63) is 82.9 Å². The summed E-state index contributed by atoms with van der Waals surface area (Å²) in [6.07, 6.45) is 1.92. The zero-order valence-corrected chi connectivity index (χ0v) is 20.1. The van der Waals surface area contributed by atoms with Gasteiger partial charge in [-0.3, -0.25) is 4.99 Å². The Hall–Kier alpha value is -1.15. The van der Waals surface area contributed by atoms with E-state index in [1.807, 2.05) is 49.5 Å². The van der Waals surface area contributed by atoms with Crippen LogP contribution in [0.1, 0.15) is 22.3 Å². The Balaban J connectivity index is 0.000000878. The molecule has 0 aliphatic rings. The van der Waals surface area contributed by atoms with E-state index in [1.54, 1.807) is 0 Å². The molecule has 0 aromatic heterocycles. The van der Waals surface area contributed by atoms with Crippen LogP contribution in [0.15, 0.2) is 65.7 Å². The number of aryl methyl sites for hydroxylation is 3. The summed E-state index contributed by atoms with van der Waals surface area (Å²) in [6, 6.07) is 20.3. The predicted molar refractivity (Wildman–Crippen MR) is 122 cm³/mol. The average molecular weight is 466 g/mol. The maximum absolute atomic E-state index is 10.4. The minimum absolute atomic E-state index is 0.392. The van der Waals surface area contributed by atoms with Gasteiger partial charge in [-0.2, -0.15) is 0 Å². The molecule has 0 aliphatic heterocycles. The molecule has 0 aliphatic carbocycles. The molecule has 28 heavy (non-hydrogen) atoms. The molecule has 3 aromatic carbocycles. The first kappa shape index (κ1) is 23.1. The van der Waals surface area contributed by atoms with Crippen LogP contribution in [-0.4, -0.2) is 11.3 Å². The summed E-state index contributed by atoms with van der Waals surface area (Å²) in [4.78, 5) is 4.59. The summed E-state index contributed by atoms with van der Waals surface area (Å²) in [5.41, 5.74) is 5.35. The number of halogens is 2. The van der Waals surface area contributed by atoms with Crippen molar-refractivity contribution in [2.45, 2.75) is 20.8 Å². The first-order chi connectivity index (χ1) is 13.5. The van der Waals surface area contributed by atoms with Crippen LogP contribution in [0.5, 0.6) is 5.75 Å². The topological polar surface area (TPSA) is 32.6 Å². The summed E-state index contributed by atoms with van der Waals surface area (Å²) in [7, 11) is 10.2. The van der Waals surface area contributed by atoms with Crippen LogP contribution in [0.25, 0.3) is 0 Å². The van der Waals surface area contributed by atoms with Gasteiger partial charge in [0.05, 0.1) is 5.69 Å². The quantitative estimate of drug-likeness (QED) is 0.283. The van der Waals surface area contributed by atoms with Crippen molar-refractivity contribution in [1.82, 2.24) is 0 Å². The third-order valence-electron chi connectivity index (χ3n) is 4.12. The van der Waals surface area contributed by atoms with Crippen LogP contribution >= 0.6 is 27.2 Å². The van der Waals surface area contributed by atoms with E-state index in [0.717, 1.165) is 22.1 Å². The number of phenolic OH excluding ortho intramolecular Hbond substituents is 1. The van der Waals surface area contributed by atoms with Gasteiger partial charge in [0.25, 0.3) is 0 Å². The van der Waals surface area contributed by atoms with E-state index >= 15 is 0 Å². The van der Waals surface area contributed by atoms with Crippen molar-refractivity contribution >= 4 is 49.7 Å². The molecule has 144 valence electrons. The number of aliphatic imine (C=N–C) groups is 1. The maximum atomic E-state index is 10.4. The van der Waals surface area contributed by atoms with Crippen LogP contribution in [0.2, 0.25) is 0 Å². The zero-order valence-electron chi connectivity index (χ0n) is 16.0. The molecule has 1 unspecified atom stereocenters. The van der Waals surface area contributed by atoms with Gasteiger partial charge < -0.3 is 5.11 Å². The molecule has 1 atom stereocenters. The second kappa shape index (κ2) is 11.8. The first-order valence-corrected chi connectivity index (χ1v) is 14.0. The standard InChI is InChI=1S/C22H22NOP.2ClH.Ti/c1-15-12-17(3)21(24)20(13-15)25-22-16(2)8-7-9-18(22)14-23-19-10-5-4-6-11-19;;;/h4-14,24-25H,1-3H3;2*1H;/q;;;+2/p-2. The van der Waals surface area contributed by atoms with E-state index in [9.17, 15) is 5.11 Å². The minimum atomic E-state index is -0.556. The fraction of sp³-hybridized carbons (Fsp3) is 0.136. The molecule has 0 heterocycles. The van der Waals surface area contributed by atoms with Gasteiger partial charge in [0, 0.05) is 17.1 Å². The third kappa shape index (κ3) is 6.73. The van der Waals surface area contributed by atoms with Crippen molar-refractivity contribution in [2.75, 3.05) is 0 Å². The van der Waals surface area contributed by atoms with E-state index in [-0.39, 0.29) is 0 Å². The van der Waals surface area contributed by atoms with Crippen LogP contribution in [0.3, 0.4) is 0 Å². The SMILES string of the molecule is Cc1cc(C)c(O)c(Pc2c(C)cccc2C=Nc2ccccc2)c1.[Cl][Ti][Cl]. The Labute approximate surface area is 185 Å². The molecular weight excluding hydrogens is 444 g/mol. The van der Waals surface area contributed by atoms with Gasteiger partial charge in [0.1, 0.15) is 5.75 Å². The van der Waals surface area contributed by atoms with Gasteiger partial charge in [0.2, 0.25) is 0 Å². The van der Waals surface area contributed by atoms with Crippen molar-refractivity contribution < 1.29 is 22.1 Å². The Morgan fingerprint density at radius 3 is 2.29 bits per heavy atom. The van der Waals surface area contributed by atoms with Crippen LogP contribution in [0, 0.1) is 20.8 Å². The van der Waals surface area contributed by atoms with Crippen molar-refractivity contribution in [3.8, 4) is 5.75 Å². The van der Waals surface area contributed by atoms with Gasteiger partial charge >= 0.3 is 35.6 Å². The number of hydrogen-bond acceptors (Lipinski definition) is 2. The monoisotopic (exact) mass is 465 g/mol. The molecule has 0 saturated heterocycles. The Bertz CT molecular complexity index is 949. The molecule has 0 saturated carbocycles. The molecule has 3 aromatic rings. The molecule has 0 amide bonds. The molecule has 6 heteroatoms. The number of phenols is 1. The molecule has 0 spiro atoms. The second-order valence-corrected chi connectivity index (χ2v) is 10.2. The molecule has 3 rings (SSSR count). The van der Waals surface area contributed by atoms with Crippen LogP contribution < -0.4 is 10.6 Å². The number of nitrogens with zero attached hydrogens (tertiary/aromatic N) is 1. The normalized spacial score (nSPS) is 10.9.